The van der Waals surface area contributed by atoms with Gasteiger partial charge in [-0.05, 0) is 24.4 Å². The van der Waals surface area contributed by atoms with Crippen LogP contribution in [-0.4, -0.2) is 35.8 Å². The van der Waals surface area contributed by atoms with Crippen LogP contribution in [-0.2, 0) is 17.7 Å². The molecule has 3 rings (SSSR count). The summed E-state index contributed by atoms with van der Waals surface area (Å²) in [4.78, 5) is 8.66. The maximum atomic E-state index is 5.99. The van der Waals surface area contributed by atoms with Gasteiger partial charge >= 0.3 is 0 Å². The zero-order chi connectivity index (χ0) is 12.4. The van der Waals surface area contributed by atoms with E-state index >= 15 is 0 Å². The molecule has 0 unspecified atom stereocenters. The second kappa shape index (κ2) is 5.38. The predicted molar refractivity (Wildman–Crippen MR) is 69.9 cm³/mol. The fourth-order valence-electron chi connectivity index (χ4n) is 2.47. The van der Waals surface area contributed by atoms with Crippen LogP contribution in [0, 0.1) is 0 Å². The normalized spacial score (nSPS) is 20.5. The van der Waals surface area contributed by atoms with E-state index in [0.29, 0.717) is 11.3 Å². The van der Waals surface area contributed by atoms with Crippen LogP contribution in [0.25, 0.3) is 0 Å². The predicted octanol–water partition coefficient (Wildman–Crippen LogP) is 1.37. The highest BCUT2D eigenvalue weighted by molar-refractivity contribution is 6.28. The molecule has 2 aliphatic heterocycles. The average molecular weight is 269 g/mol. The van der Waals surface area contributed by atoms with Gasteiger partial charge in [-0.15, -0.1) is 0 Å². The molecule has 1 aromatic rings. The van der Waals surface area contributed by atoms with Crippen molar-refractivity contribution in [1.82, 2.24) is 15.3 Å². The minimum absolute atomic E-state index is 0.338. The standard InChI is InChI=1S/C12H17ClN4O/c13-12-16-10-1-4-14-7-9(10)11(17-12)15-8-2-5-18-6-3-8/h8,14H,1-7H2,(H,15,16,17). The Morgan fingerprint density at radius 1 is 1.28 bits per heavy atom. The van der Waals surface area contributed by atoms with Gasteiger partial charge in [-0.2, -0.15) is 0 Å². The first-order valence-electron chi connectivity index (χ1n) is 6.43. The molecule has 98 valence electrons. The van der Waals surface area contributed by atoms with Crippen molar-refractivity contribution in [1.29, 1.82) is 0 Å². The van der Waals surface area contributed by atoms with E-state index in [0.717, 1.165) is 62.6 Å². The first-order valence-corrected chi connectivity index (χ1v) is 6.81. The molecule has 0 bridgehead atoms. The monoisotopic (exact) mass is 268 g/mol. The molecule has 1 fully saturated rings. The quantitative estimate of drug-likeness (QED) is 0.794. The maximum absolute atomic E-state index is 5.99. The van der Waals surface area contributed by atoms with E-state index in [1.165, 1.54) is 0 Å². The summed E-state index contributed by atoms with van der Waals surface area (Å²) < 4.78 is 5.36. The lowest BCUT2D eigenvalue weighted by atomic mass is 10.1. The lowest BCUT2D eigenvalue weighted by molar-refractivity contribution is 0.0903. The minimum Gasteiger partial charge on any atom is -0.381 e. The molecule has 2 N–H and O–H groups in total. The highest BCUT2D eigenvalue weighted by Gasteiger charge is 2.20. The SMILES string of the molecule is Clc1nc2c(c(NC3CCOCC3)n1)CNCC2. The third-order valence-corrected chi connectivity index (χ3v) is 3.64. The fraction of sp³-hybridized carbons (Fsp3) is 0.667. The van der Waals surface area contributed by atoms with E-state index in [2.05, 4.69) is 20.6 Å². The van der Waals surface area contributed by atoms with Crippen molar-refractivity contribution in [2.24, 2.45) is 0 Å². The molecular weight excluding hydrogens is 252 g/mol. The Morgan fingerprint density at radius 3 is 2.94 bits per heavy atom. The first-order chi connectivity index (χ1) is 8.83. The zero-order valence-electron chi connectivity index (χ0n) is 10.2. The molecule has 0 aliphatic carbocycles. The number of rotatable bonds is 2. The van der Waals surface area contributed by atoms with Gasteiger partial charge in [-0.1, -0.05) is 0 Å². The van der Waals surface area contributed by atoms with Crippen molar-refractivity contribution in [2.75, 3.05) is 25.1 Å². The molecule has 0 aromatic carbocycles. The molecular formula is C12H17ClN4O. The maximum Gasteiger partial charge on any atom is 0.224 e. The Labute approximate surface area is 111 Å². The van der Waals surface area contributed by atoms with Gasteiger partial charge in [0.25, 0.3) is 0 Å². The van der Waals surface area contributed by atoms with Crippen molar-refractivity contribution in [3.63, 3.8) is 0 Å². The van der Waals surface area contributed by atoms with E-state index in [9.17, 15) is 0 Å². The Hall–Kier alpha value is -0.910. The van der Waals surface area contributed by atoms with E-state index < -0.39 is 0 Å². The number of aromatic nitrogens is 2. The summed E-state index contributed by atoms with van der Waals surface area (Å²) in [6.07, 6.45) is 2.95. The summed E-state index contributed by atoms with van der Waals surface area (Å²) >= 11 is 5.99. The molecule has 3 heterocycles. The highest BCUT2D eigenvalue weighted by atomic mass is 35.5. The molecule has 1 aromatic heterocycles. The van der Waals surface area contributed by atoms with Crippen LogP contribution in [0.2, 0.25) is 5.28 Å². The highest BCUT2D eigenvalue weighted by Crippen LogP contribution is 2.23. The van der Waals surface area contributed by atoms with Gasteiger partial charge in [0.15, 0.2) is 0 Å². The molecule has 2 aliphatic rings. The number of anilines is 1. The Balaban J connectivity index is 1.83. The van der Waals surface area contributed by atoms with Crippen LogP contribution in [0.15, 0.2) is 0 Å². The van der Waals surface area contributed by atoms with Gasteiger partial charge in [-0.25, -0.2) is 9.97 Å². The molecule has 5 nitrogen and oxygen atoms in total. The van der Waals surface area contributed by atoms with Crippen LogP contribution in [0.5, 0.6) is 0 Å². The van der Waals surface area contributed by atoms with Gasteiger partial charge < -0.3 is 15.4 Å². The van der Waals surface area contributed by atoms with Crippen LogP contribution in [0.4, 0.5) is 5.82 Å². The van der Waals surface area contributed by atoms with Gasteiger partial charge in [0.2, 0.25) is 5.28 Å². The second-order valence-electron chi connectivity index (χ2n) is 4.72. The molecule has 0 saturated carbocycles. The molecule has 0 radical (unpaired) electrons. The largest absolute Gasteiger partial charge is 0.381 e. The van der Waals surface area contributed by atoms with E-state index in [1.54, 1.807) is 0 Å². The van der Waals surface area contributed by atoms with Gasteiger partial charge in [-0.3, -0.25) is 0 Å². The van der Waals surface area contributed by atoms with Crippen LogP contribution in [0.3, 0.4) is 0 Å². The summed E-state index contributed by atoms with van der Waals surface area (Å²) in [7, 11) is 0. The van der Waals surface area contributed by atoms with Crippen molar-refractivity contribution in [3.05, 3.63) is 16.5 Å². The summed E-state index contributed by atoms with van der Waals surface area (Å²) in [6, 6.07) is 0.427. The molecule has 0 spiro atoms. The van der Waals surface area contributed by atoms with E-state index in [1.807, 2.05) is 0 Å². The number of hydrogen-bond acceptors (Lipinski definition) is 5. The van der Waals surface area contributed by atoms with Crippen LogP contribution < -0.4 is 10.6 Å². The third-order valence-electron chi connectivity index (χ3n) is 3.47. The zero-order valence-corrected chi connectivity index (χ0v) is 11.0. The number of nitrogens with zero attached hydrogens (tertiary/aromatic N) is 2. The van der Waals surface area contributed by atoms with Crippen molar-refractivity contribution in [2.45, 2.75) is 31.8 Å². The topological polar surface area (TPSA) is 59.1 Å². The molecule has 0 atom stereocenters. The van der Waals surface area contributed by atoms with Crippen LogP contribution >= 0.6 is 11.6 Å². The third kappa shape index (κ3) is 2.58. The van der Waals surface area contributed by atoms with Crippen molar-refractivity contribution in [3.8, 4) is 0 Å². The number of ether oxygens (including phenoxy) is 1. The Morgan fingerprint density at radius 2 is 2.11 bits per heavy atom. The molecule has 0 amide bonds. The number of nitrogens with one attached hydrogen (secondary N) is 2. The first kappa shape index (κ1) is 12.1. The number of halogens is 1. The van der Waals surface area contributed by atoms with Gasteiger partial charge in [0.1, 0.15) is 5.82 Å². The summed E-state index contributed by atoms with van der Waals surface area (Å²) in [5.41, 5.74) is 2.24. The minimum atomic E-state index is 0.338. The van der Waals surface area contributed by atoms with Crippen LogP contribution in [0.1, 0.15) is 24.1 Å². The van der Waals surface area contributed by atoms with E-state index in [4.69, 9.17) is 16.3 Å². The number of hydrogen-bond donors (Lipinski definition) is 2. The summed E-state index contributed by atoms with van der Waals surface area (Å²) in [6.45, 7) is 3.41. The molecule has 1 saturated heterocycles. The summed E-state index contributed by atoms with van der Waals surface area (Å²) in [5.74, 6) is 0.893. The Kier molecular flexibility index (Phi) is 3.63. The lowest BCUT2D eigenvalue weighted by Gasteiger charge is -2.26. The second-order valence-corrected chi connectivity index (χ2v) is 5.06. The van der Waals surface area contributed by atoms with E-state index in [-0.39, 0.29) is 0 Å². The van der Waals surface area contributed by atoms with Crippen molar-refractivity contribution >= 4 is 17.4 Å². The van der Waals surface area contributed by atoms with Gasteiger partial charge in [0, 0.05) is 44.3 Å². The fourth-order valence-corrected chi connectivity index (χ4v) is 2.65. The number of fused-ring (bicyclic) bond motifs is 1. The summed E-state index contributed by atoms with van der Waals surface area (Å²) in [5, 5.41) is 7.18. The van der Waals surface area contributed by atoms with Crippen molar-refractivity contribution < 1.29 is 4.74 Å². The molecule has 18 heavy (non-hydrogen) atoms. The smallest absolute Gasteiger partial charge is 0.224 e. The van der Waals surface area contributed by atoms with Gasteiger partial charge in [0.05, 0.1) is 5.69 Å². The lowest BCUT2D eigenvalue weighted by Crippen LogP contribution is -2.31. The average Bonchev–Trinajstić information content (AvgIpc) is 2.40. The Bertz CT molecular complexity index is 434. The molecule has 6 heteroatoms.